The average Bonchev–Trinajstić information content (AvgIpc) is 2.75. The third-order valence-electron chi connectivity index (χ3n) is 4.07. The van der Waals surface area contributed by atoms with Crippen LogP contribution in [-0.2, 0) is 6.54 Å². The molecule has 3 aromatic rings. The standard InChI is InChI=1S/C24H27NO3/c1-2-14-26-23-12-6-8-20(17-23)19-25-21-9-7-13-24(18-21)28-16-15-27-22-10-4-3-5-11-22/h3-13,17-18,25H,2,14-16,19H2,1H3. The predicted octanol–water partition coefficient (Wildman–Crippen LogP) is 5.55. The first-order valence-corrected chi connectivity index (χ1v) is 9.70. The smallest absolute Gasteiger partial charge is 0.122 e. The normalized spacial score (nSPS) is 10.3. The van der Waals surface area contributed by atoms with Crippen LogP contribution in [-0.4, -0.2) is 19.8 Å². The van der Waals surface area contributed by atoms with E-state index in [4.69, 9.17) is 14.2 Å². The lowest BCUT2D eigenvalue weighted by molar-refractivity contribution is 0.217. The van der Waals surface area contributed by atoms with Gasteiger partial charge in [0.2, 0.25) is 0 Å². The molecular formula is C24H27NO3. The summed E-state index contributed by atoms with van der Waals surface area (Å²) in [5.41, 5.74) is 2.19. The summed E-state index contributed by atoms with van der Waals surface area (Å²) in [4.78, 5) is 0. The highest BCUT2D eigenvalue weighted by molar-refractivity contribution is 5.48. The van der Waals surface area contributed by atoms with Gasteiger partial charge in [-0.3, -0.25) is 0 Å². The SMILES string of the molecule is CCCOc1cccc(CNc2cccc(OCCOc3ccccc3)c2)c1. The van der Waals surface area contributed by atoms with E-state index >= 15 is 0 Å². The van der Waals surface area contributed by atoms with Crippen LogP contribution in [0.25, 0.3) is 0 Å². The summed E-state index contributed by atoms with van der Waals surface area (Å²) in [6.45, 7) is 4.57. The highest BCUT2D eigenvalue weighted by Gasteiger charge is 2.00. The van der Waals surface area contributed by atoms with Gasteiger partial charge >= 0.3 is 0 Å². The Kier molecular flexibility index (Phi) is 7.62. The molecule has 0 fully saturated rings. The van der Waals surface area contributed by atoms with Crippen LogP contribution in [0, 0.1) is 0 Å². The molecule has 3 aromatic carbocycles. The van der Waals surface area contributed by atoms with E-state index in [2.05, 4.69) is 24.4 Å². The minimum absolute atomic E-state index is 0.495. The van der Waals surface area contributed by atoms with E-state index in [0.29, 0.717) is 13.2 Å². The first-order chi connectivity index (χ1) is 13.8. The van der Waals surface area contributed by atoms with Gasteiger partial charge in [-0.05, 0) is 48.4 Å². The van der Waals surface area contributed by atoms with Crippen molar-refractivity contribution < 1.29 is 14.2 Å². The lowest BCUT2D eigenvalue weighted by Gasteiger charge is -2.11. The Bertz CT molecular complexity index is 836. The van der Waals surface area contributed by atoms with E-state index < -0.39 is 0 Å². The Hall–Kier alpha value is -3.14. The molecular weight excluding hydrogens is 350 g/mol. The lowest BCUT2D eigenvalue weighted by Crippen LogP contribution is -2.09. The number of nitrogens with one attached hydrogen (secondary N) is 1. The van der Waals surface area contributed by atoms with Gasteiger partial charge in [-0.1, -0.05) is 43.3 Å². The van der Waals surface area contributed by atoms with Crippen molar-refractivity contribution in [2.75, 3.05) is 25.1 Å². The molecule has 0 heterocycles. The van der Waals surface area contributed by atoms with Crippen molar-refractivity contribution in [2.45, 2.75) is 19.9 Å². The van der Waals surface area contributed by atoms with Crippen molar-refractivity contribution in [1.82, 2.24) is 0 Å². The monoisotopic (exact) mass is 377 g/mol. The zero-order chi connectivity index (χ0) is 19.4. The zero-order valence-electron chi connectivity index (χ0n) is 16.3. The molecule has 146 valence electrons. The molecule has 0 aliphatic carbocycles. The van der Waals surface area contributed by atoms with Gasteiger partial charge in [-0.2, -0.15) is 0 Å². The van der Waals surface area contributed by atoms with Crippen molar-refractivity contribution in [3.8, 4) is 17.2 Å². The predicted molar refractivity (Wildman–Crippen MR) is 113 cm³/mol. The van der Waals surface area contributed by atoms with Crippen LogP contribution in [0.2, 0.25) is 0 Å². The number of hydrogen-bond acceptors (Lipinski definition) is 4. The highest BCUT2D eigenvalue weighted by atomic mass is 16.5. The van der Waals surface area contributed by atoms with Crippen LogP contribution in [0.5, 0.6) is 17.2 Å². The quantitative estimate of drug-likeness (QED) is 0.445. The maximum absolute atomic E-state index is 5.80. The number of benzene rings is 3. The molecule has 0 spiro atoms. The number of rotatable bonds is 11. The molecule has 4 nitrogen and oxygen atoms in total. The topological polar surface area (TPSA) is 39.7 Å². The van der Waals surface area contributed by atoms with Crippen LogP contribution >= 0.6 is 0 Å². The van der Waals surface area contributed by atoms with E-state index in [1.165, 1.54) is 5.56 Å². The van der Waals surface area contributed by atoms with Crippen molar-refractivity contribution >= 4 is 5.69 Å². The van der Waals surface area contributed by atoms with Crippen LogP contribution in [0.4, 0.5) is 5.69 Å². The van der Waals surface area contributed by atoms with E-state index in [9.17, 15) is 0 Å². The van der Waals surface area contributed by atoms with Gasteiger partial charge in [-0.25, -0.2) is 0 Å². The summed E-state index contributed by atoms with van der Waals surface area (Å²) in [6.07, 6.45) is 1.01. The summed E-state index contributed by atoms with van der Waals surface area (Å²) in [7, 11) is 0. The molecule has 1 N–H and O–H groups in total. The second-order valence-electron chi connectivity index (χ2n) is 6.39. The minimum atomic E-state index is 0.495. The van der Waals surface area contributed by atoms with Gasteiger partial charge in [0.05, 0.1) is 6.61 Å². The molecule has 0 saturated carbocycles. The van der Waals surface area contributed by atoms with E-state index in [1.54, 1.807) is 0 Å². The molecule has 0 aliphatic heterocycles. The van der Waals surface area contributed by atoms with E-state index in [-0.39, 0.29) is 0 Å². The maximum Gasteiger partial charge on any atom is 0.122 e. The average molecular weight is 377 g/mol. The minimum Gasteiger partial charge on any atom is -0.494 e. The number of hydrogen-bond donors (Lipinski definition) is 1. The lowest BCUT2D eigenvalue weighted by atomic mass is 10.2. The molecule has 0 atom stereocenters. The summed E-state index contributed by atoms with van der Waals surface area (Å²) in [6, 6.07) is 25.9. The summed E-state index contributed by atoms with van der Waals surface area (Å²) in [5, 5.41) is 3.43. The fourth-order valence-corrected chi connectivity index (χ4v) is 2.70. The second-order valence-corrected chi connectivity index (χ2v) is 6.39. The fourth-order valence-electron chi connectivity index (χ4n) is 2.70. The number of ether oxygens (including phenoxy) is 3. The van der Waals surface area contributed by atoms with Crippen LogP contribution < -0.4 is 19.5 Å². The van der Waals surface area contributed by atoms with Gasteiger partial charge in [0.1, 0.15) is 30.5 Å². The van der Waals surface area contributed by atoms with Crippen molar-refractivity contribution in [2.24, 2.45) is 0 Å². The molecule has 3 rings (SSSR count). The molecule has 0 unspecified atom stereocenters. The Morgan fingerprint density at radius 1 is 0.643 bits per heavy atom. The molecule has 0 aromatic heterocycles. The highest BCUT2D eigenvalue weighted by Crippen LogP contribution is 2.19. The van der Waals surface area contributed by atoms with Gasteiger partial charge < -0.3 is 19.5 Å². The Morgan fingerprint density at radius 2 is 1.29 bits per heavy atom. The molecule has 0 radical (unpaired) electrons. The summed E-state index contributed by atoms with van der Waals surface area (Å²) in [5.74, 6) is 2.59. The summed E-state index contributed by atoms with van der Waals surface area (Å²) < 4.78 is 17.1. The van der Waals surface area contributed by atoms with Crippen molar-refractivity contribution in [3.05, 3.63) is 84.4 Å². The molecule has 0 amide bonds. The van der Waals surface area contributed by atoms with Crippen LogP contribution in [0.15, 0.2) is 78.9 Å². The molecule has 0 aliphatic rings. The van der Waals surface area contributed by atoms with Crippen LogP contribution in [0.1, 0.15) is 18.9 Å². The second kappa shape index (κ2) is 10.9. The van der Waals surface area contributed by atoms with E-state index in [1.807, 2.05) is 66.7 Å². The van der Waals surface area contributed by atoms with E-state index in [0.717, 1.165) is 42.5 Å². The first-order valence-electron chi connectivity index (χ1n) is 9.70. The third-order valence-corrected chi connectivity index (χ3v) is 4.07. The Balaban J connectivity index is 1.45. The zero-order valence-corrected chi connectivity index (χ0v) is 16.3. The van der Waals surface area contributed by atoms with Gasteiger partial charge in [-0.15, -0.1) is 0 Å². The fraction of sp³-hybridized carbons (Fsp3) is 0.250. The molecule has 0 saturated heterocycles. The Labute approximate surface area is 167 Å². The Morgan fingerprint density at radius 3 is 2.07 bits per heavy atom. The van der Waals surface area contributed by atoms with Gasteiger partial charge in [0.15, 0.2) is 0 Å². The summed E-state index contributed by atoms with van der Waals surface area (Å²) >= 11 is 0. The van der Waals surface area contributed by atoms with Crippen molar-refractivity contribution in [3.63, 3.8) is 0 Å². The maximum atomic E-state index is 5.80. The molecule has 4 heteroatoms. The van der Waals surface area contributed by atoms with Crippen LogP contribution in [0.3, 0.4) is 0 Å². The van der Waals surface area contributed by atoms with Crippen molar-refractivity contribution in [1.29, 1.82) is 0 Å². The molecule has 0 bridgehead atoms. The molecule has 28 heavy (non-hydrogen) atoms. The first kappa shape index (κ1) is 19.6. The van der Waals surface area contributed by atoms with Gasteiger partial charge in [0.25, 0.3) is 0 Å². The largest absolute Gasteiger partial charge is 0.494 e. The third kappa shape index (κ3) is 6.54. The van der Waals surface area contributed by atoms with Gasteiger partial charge in [0, 0.05) is 18.3 Å². The number of para-hydroxylation sites is 1. The number of anilines is 1.